The summed E-state index contributed by atoms with van der Waals surface area (Å²) < 4.78 is 4.66. The SMILES string of the molecule is c1ccc(-c2cccc(-c3cccc(-n4c5ccccc5c5cc6c7ccccc7n(-c7ccccc7)c6cc54)n3)n2)cc1. The molecule has 44 heavy (non-hydrogen) atoms. The third-order valence-corrected chi connectivity index (χ3v) is 8.53. The summed E-state index contributed by atoms with van der Waals surface area (Å²) in [6, 6.07) is 55.2. The molecule has 4 nitrogen and oxygen atoms in total. The van der Waals surface area contributed by atoms with Gasteiger partial charge in [0.1, 0.15) is 5.82 Å². The van der Waals surface area contributed by atoms with Crippen LogP contribution in [0.5, 0.6) is 0 Å². The second-order valence-corrected chi connectivity index (χ2v) is 11.1. The van der Waals surface area contributed by atoms with Gasteiger partial charge in [-0.15, -0.1) is 0 Å². The van der Waals surface area contributed by atoms with Gasteiger partial charge in [-0.05, 0) is 60.7 Å². The highest BCUT2D eigenvalue weighted by Crippen LogP contribution is 2.39. The fourth-order valence-electron chi connectivity index (χ4n) is 6.57. The third-order valence-electron chi connectivity index (χ3n) is 8.53. The van der Waals surface area contributed by atoms with Crippen LogP contribution in [-0.2, 0) is 0 Å². The zero-order valence-electron chi connectivity index (χ0n) is 23.8. The van der Waals surface area contributed by atoms with Crippen LogP contribution in [0.1, 0.15) is 0 Å². The van der Waals surface area contributed by atoms with Gasteiger partial charge in [0.25, 0.3) is 0 Å². The lowest BCUT2D eigenvalue weighted by Crippen LogP contribution is -2.00. The van der Waals surface area contributed by atoms with E-state index in [1.165, 1.54) is 32.6 Å². The molecule has 0 spiro atoms. The molecule has 0 saturated heterocycles. The molecule has 0 fully saturated rings. The number of hydrogen-bond acceptors (Lipinski definition) is 2. The van der Waals surface area contributed by atoms with Gasteiger partial charge in [0.2, 0.25) is 0 Å². The van der Waals surface area contributed by atoms with Crippen molar-refractivity contribution in [3.8, 4) is 34.2 Å². The van der Waals surface area contributed by atoms with E-state index in [-0.39, 0.29) is 0 Å². The summed E-state index contributed by atoms with van der Waals surface area (Å²) in [6.07, 6.45) is 0. The van der Waals surface area contributed by atoms with E-state index < -0.39 is 0 Å². The molecule has 4 heteroatoms. The third kappa shape index (κ3) is 3.78. The molecule has 0 aliphatic rings. The van der Waals surface area contributed by atoms with Gasteiger partial charge in [-0.25, -0.2) is 9.97 Å². The van der Waals surface area contributed by atoms with Crippen LogP contribution in [-0.4, -0.2) is 19.1 Å². The second kappa shape index (κ2) is 9.79. The van der Waals surface area contributed by atoms with E-state index in [4.69, 9.17) is 9.97 Å². The van der Waals surface area contributed by atoms with Gasteiger partial charge < -0.3 is 4.57 Å². The van der Waals surface area contributed by atoms with E-state index >= 15 is 0 Å². The number of para-hydroxylation sites is 3. The minimum absolute atomic E-state index is 0.839. The average molecular weight is 563 g/mol. The van der Waals surface area contributed by atoms with Crippen molar-refractivity contribution in [1.82, 2.24) is 19.1 Å². The van der Waals surface area contributed by atoms with Crippen molar-refractivity contribution < 1.29 is 0 Å². The van der Waals surface area contributed by atoms with E-state index in [2.05, 4.69) is 130 Å². The molecule has 5 aromatic carbocycles. The first-order chi connectivity index (χ1) is 21.8. The monoisotopic (exact) mass is 562 g/mol. The number of hydrogen-bond donors (Lipinski definition) is 0. The predicted octanol–water partition coefficient (Wildman–Crippen LogP) is 10.0. The summed E-state index contributed by atoms with van der Waals surface area (Å²) in [5.74, 6) is 0.863. The van der Waals surface area contributed by atoms with E-state index in [1.54, 1.807) is 0 Å². The Morgan fingerprint density at radius 2 is 0.886 bits per heavy atom. The van der Waals surface area contributed by atoms with Crippen molar-refractivity contribution >= 4 is 43.6 Å². The summed E-state index contributed by atoms with van der Waals surface area (Å²) in [7, 11) is 0. The molecule has 9 rings (SSSR count). The first kappa shape index (κ1) is 24.6. The molecule has 0 aliphatic carbocycles. The Morgan fingerprint density at radius 1 is 0.341 bits per heavy atom. The molecule has 0 radical (unpaired) electrons. The normalized spacial score (nSPS) is 11.6. The Balaban J connectivity index is 1.30. The highest BCUT2D eigenvalue weighted by Gasteiger charge is 2.19. The number of rotatable bonds is 4. The summed E-state index contributed by atoms with van der Waals surface area (Å²) in [5.41, 5.74) is 9.46. The first-order valence-corrected chi connectivity index (χ1v) is 14.9. The topological polar surface area (TPSA) is 35.6 Å². The Labute approximate surface area is 254 Å². The molecule has 0 bridgehead atoms. The van der Waals surface area contributed by atoms with Gasteiger partial charge in [-0.1, -0.05) is 97.1 Å². The zero-order valence-corrected chi connectivity index (χ0v) is 23.8. The Hall–Kier alpha value is -6.00. The van der Waals surface area contributed by atoms with E-state index in [0.717, 1.165) is 45.2 Å². The molecule has 9 aromatic rings. The molecular weight excluding hydrogens is 536 g/mol. The molecular formula is C40H26N4. The number of fused-ring (bicyclic) bond motifs is 6. The number of benzene rings is 5. The Kier molecular flexibility index (Phi) is 5.47. The van der Waals surface area contributed by atoms with Crippen LogP contribution in [0.25, 0.3) is 77.8 Å². The maximum Gasteiger partial charge on any atom is 0.138 e. The van der Waals surface area contributed by atoms with E-state index in [0.29, 0.717) is 0 Å². The predicted molar refractivity (Wildman–Crippen MR) is 182 cm³/mol. The van der Waals surface area contributed by atoms with Gasteiger partial charge in [0.05, 0.1) is 39.1 Å². The fourth-order valence-corrected chi connectivity index (χ4v) is 6.57. The number of aromatic nitrogens is 4. The van der Waals surface area contributed by atoms with Crippen molar-refractivity contribution in [2.24, 2.45) is 0 Å². The maximum absolute atomic E-state index is 5.22. The lowest BCUT2D eigenvalue weighted by atomic mass is 10.1. The van der Waals surface area contributed by atoms with Crippen molar-refractivity contribution in [3.63, 3.8) is 0 Å². The molecule has 0 atom stereocenters. The van der Waals surface area contributed by atoms with Crippen LogP contribution in [0, 0.1) is 0 Å². The highest BCUT2D eigenvalue weighted by molar-refractivity contribution is 6.19. The number of pyridine rings is 2. The average Bonchev–Trinajstić information content (AvgIpc) is 3.60. The zero-order chi connectivity index (χ0) is 29.0. The van der Waals surface area contributed by atoms with Gasteiger partial charge in [-0.3, -0.25) is 4.57 Å². The van der Waals surface area contributed by atoms with Crippen LogP contribution in [0.2, 0.25) is 0 Å². The lowest BCUT2D eigenvalue weighted by Gasteiger charge is -2.11. The minimum Gasteiger partial charge on any atom is -0.309 e. The molecule has 0 saturated carbocycles. The largest absolute Gasteiger partial charge is 0.309 e. The molecule has 0 N–H and O–H groups in total. The minimum atomic E-state index is 0.839. The summed E-state index contributed by atoms with van der Waals surface area (Å²) in [5, 5.41) is 4.90. The molecule has 206 valence electrons. The molecule has 4 heterocycles. The van der Waals surface area contributed by atoms with E-state index in [9.17, 15) is 0 Å². The first-order valence-electron chi connectivity index (χ1n) is 14.9. The molecule has 4 aromatic heterocycles. The summed E-state index contributed by atoms with van der Waals surface area (Å²) in [6.45, 7) is 0. The van der Waals surface area contributed by atoms with Gasteiger partial charge in [0, 0.05) is 32.8 Å². The smallest absolute Gasteiger partial charge is 0.138 e. The summed E-state index contributed by atoms with van der Waals surface area (Å²) in [4.78, 5) is 10.2. The van der Waals surface area contributed by atoms with Crippen molar-refractivity contribution in [2.45, 2.75) is 0 Å². The van der Waals surface area contributed by atoms with Gasteiger partial charge in [-0.2, -0.15) is 0 Å². The van der Waals surface area contributed by atoms with E-state index in [1.807, 2.05) is 36.4 Å². The highest BCUT2D eigenvalue weighted by atomic mass is 15.1. The second-order valence-electron chi connectivity index (χ2n) is 11.1. The Morgan fingerprint density at radius 3 is 1.61 bits per heavy atom. The maximum atomic E-state index is 5.22. The van der Waals surface area contributed by atoms with Crippen LogP contribution < -0.4 is 0 Å². The van der Waals surface area contributed by atoms with Crippen molar-refractivity contribution in [3.05, 3.63) is 158 Å². The lowest BCUT2D eigenvalue weighted by molar-refractivity contribution is 1.08. The molecule has 0 amide bonds. The van der Waals surface area contributed by atoms with Crippen molar-refractivity contribution in [1.29, 1.82) is 0 Å². The summed E-state index contributed by atoms with van der Waals surface area (Å²) >= 11 is 0. The number of nitrogens with zero attached hydrogens (tertiary/aromatic N) is 4. The van der Waals surface area contributed by atoms with Crippen LogP contribution >= 0.6 is 0 Å². The van der Waals surface area contributed by atoms with Crippen LogP contribution in [0.3, 0.4) is 0 Å². The van der Waals surface area contributed by atoms with Gasteiger partial charge in [0.15, 0.2) is 0 Å². The van der Waals surface area contributed by atoms with Gasteiger partial charge >= 0.3 is 0 Å². The Bertz CT molecular complexity index is 2490. The standard InChI is InChI=1S/C40H26N4/c1-3-13-27(14-4-1)33-19-11-20-34(41-33)35-21-12-24-40(42-35)44-37-23-10-8-18-30(37)32-25-31-29-17-7-9-22-36(29)43(38(31)26-39(32)44)28-15-5-2-6-16-28/h1-26H. The van der Waals surface area contributed by atoms with Crippen LogP contribution in [0.15, 0.2) is 158 Å². The van der Waals surface area contributed by atoms with Crippen LogP contribution in [0.4, 0.5) is 0 Å². The molecule has 0 aliphatic heterocycles. The quantitative estimate of drug-likeness (QED) is 0.214. The van der Waals surface area contributed by atoms with Crippen molar-refractivity contribution in [2.75, 3.05) is 0 Å². The molecule has 0 unspecified atom stereocenters. The fraction of sp³-hybridized carbons (Fsp3) is 0.